The summed E-state index contributed by atoms with van der Waals surface area (Å²) < 4.78 is 43.1. The highest BCUT2D eigenvalue weighted by Crippen LogP contribution is 2.43. The number of benzene rings is 2. The minimum Gasteiger partial charge on any atom is -0.493 e. The lowest BCUT2D eigenvalue weighted by molar-refractivity contribution is -0.133. The SMILES string of the molecule is COCCOCOc1cc(C2=C(c3cc(OC)c(OC)c(OC)c3)C(=O)OC2)ccc1OC. The van der Waals surface area contributed by atoms with Gasteiger partial charge in [-0.3, -0.25) is 0 Å². The van der Waals surface area contributed by atoms with Crippen LogP contribution in [-0.2, 0) is 19.0 Å². The Morgan fingerprint density at radius 2 is 1.45 bits per heavy atom. The molecule has 0 saturated heterocycles. The molecule has 0 spiro atoms. The molecular weight excluding hydrogens is 432 g/mol. The van der Waals surface area contributed by atoms with Crippen LogP contribution in [0.15, 0.2) is 30.3 Å². The summed E-state index contributed by atoms with van der Waals surface area (Å²) in [6, 6.07) is 8.82. The standard InChI is InChI=1S/C24H28O9/c1-26-8-9-31-14-33-19-10-15(6-7-18(19)27-2)17-13-32-24(25)22(17)16-11-20(28-3)23(30-5)21(12-16)29-4/h6-7,10-12H,8-9,13-14H2,1-5H3. The zero-order valence-corrected chi connectivity index (χ0v) is 19.4. The molecule has 2 aromatic rings. The van der Waals surface area contributed by atoms with Crippen LogP contribution in [0.4, 0.5) is 0 Å². The molecule has 2 aromatic carbocycles. The van der Waals surface area contributed by atoms with Crippen molar-refractivity contribution >= 4 is 17.1 Å². The first-order valence-corrected chi connectivity index (χ1v) is 10.2. The predicted molar refractivity (Wildman–Crippen MR) is 120 cm³/mol. The van der Waals surface area contributed by atoms with Crippen molar-refractivity contribution in [2.24, 2.45) is 0 Å². The van der Waals surface area contributed by atoms with E-state index in [2.05, 4.69) is 0 Å². The summed E-state index contributed by atoms with van der Waals surface area (Å²) in [5, 5.41) is 0. The van der Waals surface area contributed by atoms with E-state index in [4.69, 9.17) is 37.9 Å². The van der Waals surface area contributed by atoms with Crippen LogP contribution in [-0.4, -0.2) is 68.1 Å². The number of cyclic esters (lactones) is 1. The molecule has 3 rings (SSSR count). The number of methoxy groups -OCH3 is 5. The van der Waals surface area contributed by atoms with Crippen molar-refractivity contribution in [3.8, 4) is 28.7 Å². The fourth-order valence-electron chi connectivity index (χ4n) is 3.43. The Kier molecular flexibility index (Phi) is 8.39. The summed E-state index contributed by atoms with van der Waals surface area (Å²) >= 11 is 0. The van der Waals surface area contributed by atoms with Crippen LogP contribution in [0.25, 0.3) is 11.1 Å². The summed E-state index contributed by atoms with van der Waals surface area (Å²) in [6.07, 6.45) is 0. The zero-order chi connectivity index (χ0) is 23.8. The Labute approximate surface area is 192 Å². The molecule has 0 bridgehead atoms. The molecule has 9 heteroatoms. The number of esters is 1. The van der Waals surface area contributed by atoms with Gasteiger partial charge in [0.15, 0.2) is 29.8 Å². The zero-order valence-electron chi connectivity index (χ0n) is 19.4. The van der Waals surface area contributed by atoms with E-state index in [1.54, 1.807) is 38.5 Å². The molecular formula is C24H28O9. The molecule has 0 atom stereocenters. The molecule has 0 amide bonds. The third-order valence-corrected chi connectivity index (χ3v) is 5.05. The van der Waals surface area contributed by atoms with E-state index >= 15 is 0 Å². The molecule has 0 radical (unpaired) electrons. The maximum Gasteiger partial charge on any atom is 0.339 e. The van der Waals surface area contributed by atoms with Gasteiger partial charge in [-0.1, -0.05) is 6.07 Å². The van der Waals surface area contributed by atoms with Crippen LogP contribution in [0.2, 0.25) is 0 Å². The van der Waals surface area contributed by atoms with Crippen molar-refractivity contribution in [2.45, 2.75) is 0 Å². The van der Waals surface area contributed by atoms with Gasteiger partial charge in [-0.15, -0.1) is 0 Å². The van der Waals surface area contributed by atoms with Gasteiger partial charge in [0.1, 0.15) is 6.61 Å². The Bertz CT molecular complexity index is 988. The number of carbonyl (C=O) groups is 1. The number of carbonyl (C=O) groups excluding carboxylic acids is 1. The normalized spacial score (nSPS) is 13.1. The fourth-order valence-corrected chi connectivity index (χ4v) is 3.43. The Hall–Kier alpha value is -3.43. The lowest BCUT2D eigenvalue weighted by Crippen LogP contribution is -2.08. The van der Waals surface area contributed by atoms with Crippen molar-refractivity contribution in [1.29, 1.82) is 0 Å². The van der Waals surface area contributed by atoms with Gasteiger partial charge in [0.05, 0.1) is 47.2 Å². The third kappa shape index (κ3) is 5.32. The summed E-state index contributed by atoms with van der Waals surface area (Å²) in [7, 11) is 7.71. The van der Waals surface area contributed by atoms with Crippen molar-refractivity contribution in [1.82, 2.24) is 0 Å². The molecule has 178 valence electrons. The number of hydrogen-bond donors (Lipinski definition) is 0. The first-order valence-electron chi connectivity index (χ1n) is 10.2. The quantitative estimate of drug-likeness (QED) is 0.269. The Morgan fingerprint density at radius 3 is 2.06 bits per heavy atom. The highest BCUT2D eigenvalue weighted by Gasteiger charge is 2.29. The summed E-state index contributed by atoms with van der Waals surface area (Å²) in [5.41, 5.74) is 2.43. The average molecular weight is 460 g/mol. The second-order valence-electron chi connectivity index (χ2n) is 6.87. The van der Waals surface area contributed by atoms with Gasteiger partial charge in [0, 0.05) is 12.7 Å². The monoisotopic (exact) mass is 460 g/mol. The second kappa shape index (κ2) is 11.4. The van der Waals surface area contributed by atoms with Crippen molar-refractivity contribution < 1.29 is 42.7 Å². The molecule has 1 heterocycles. The Morgan fingerprint density at radius 1 is 0.788 bits per heavy atom. The van der Waals surface area contributed by atoms with E-state index in [0.717, 1.165) is 5.56 Å². The first kappa shape index (κ1) is 24.2. The maximum absolute atomic E-state index is 12.7. The molecule has 0 N–H and O–H groups in total. The topological polar surface area (TPSA) is 90.9 Å². The lowest BCUT2D eigenvalue weighted by Gasteiger charge is -2.15. The minimum atomic E-state index is -0.444. The number of rotatable bonds is 12. The summed E-state index contributed by atoms with van der Waals surface area (Å²) in [4.78, 5) is 12.7. The van der Waals surface area contributed by atoms with Gasteiger partial charge < -0.3 is 37.9 Å². The van der Waals surface area contributed by atoms with Gasteiger partial charge in [-0.05, 0) is 35.4 Å². The van der Waals surface area contributed by atoms with E-state index in [0.29, 0.717) is 58.7 Å². The molecule has 1 aliphatic heterocycles. The fraction of sp³-hybridized carbons (Fsp3) is 0.375. The molecule has 9 nitrogen and oxygen atoms in total. The summed E-state index contributed by atoms with van der Waals surface area (Å²) in [6.45, 7) is 1.00. The van der Waals surface area contributed by atoms with E-state index in [9.17, 15) is 4.79 Å². The van der Waals surface area contributed by atoms with Crippen LogP contribution in [0.1, 0.15) is 11.1 Å². The molecule has 0 aliphatic carbocycles. The molecule has 0 aromatic heterocycles. The van der Waals surface area contributed by atoms with Gasteiger partial charge in [0.2, 0.25) is 5.75 Å². The Balaban J connectivity index is 2.01. The maximum atomic E-state index is 12.7. The van der Waals surface area contributed by atoms with Crippen molar-refractivity contribution in [3.05, 3.63) is 41.5 Å². The van der Waals surface area contributed by atoms with Crippen LogP contribution >= 0.6 is 0 Å². The molecule has 1 aliphatic rings. The lowest BCUT2D eigenvalue weighted by atomic mass is 9.95. The van der Waals surface area contributed by atoms with E-state index in [1.165, 1.54) is 21.3 Å². The highest BCUT2D eigenvalue weighted by atomic mass is 16.7. The van der Waals surface area contributed by atoms with E-state index in [1.807, 2.05) is 6.07 Å². The van der Waals surface area contributed by atoms with E-state index < -0.39 is 5.97 Å². The van der Waals surface area contributed by atoms with E-state index in [-0.39, 0.29) is 13.4 Å². The number of hydrogen-bond acceptors (Lipinski definition) is 9. The smallest absolute Gasteiger partial charge is 0.339 e. The van der Waals surface area contributed by atoms with Crippen molar-refractivity contribution in [2.75, 3.05) is 62.2 Å². The molecule has 0 fully saturated rings. The summed E-state index contributed by atoms with van der Waals surface area (Å²) in [5.74, 6) is 1.87. The van der Waals surface area contributed by atoms with Crippen LogP contribution < -0.4 is 23.7 Å². The van der Waals surface area contributed by atoms with Crippen LogP contribution in [0.5, 0.6) is 28.7 Å². The second-order valence-corrected chi connectivity index (χ2v) is 6.87. The molecule has 33 heavy (non-hydrogen) atoms. The van der Waals surface area contributed by atoms with Crippen LogP contribution in [0.3, 0.4) is 0 Å². The van der Waals surface area contributed by atoms with Crippen LogP contribution in [0, 0.1) is 0 Å². The third-order valence-electron chi connectivity index (χ3n) is 5.05. The molecule has 0 saturated carbocycles. The highest BCUT2D eigenvalue weighted by molar-refractivity contribution is 6.27. The van der Waals surface area contributed by atoms with Gasteiger partial charge in [-0.2, -0.15) is 0 Å². The largest absolute Gasteiger partial charge is 0.493 e. The predicted octanol–water partition coefficient (Wildman–Crippen LogP) is 3.19. The van der Waals surface area contributed by atoms with Crippen molar-refractivity contribution in [3.63, 3.8) is 0 Å². The minimum absolute atomic E-state index is 0.0252. The van der Waals surface area contributed by atoms with Gasteiger partial charge in [-0.25, -0.2) is 4.79 Å². The first-order chi connectivity index (χ1) is 16.1. The number of ether oxygens (including phenoxy) is 8. The van der Waals surface area contributed by atoms with Gasteiger partial charge >= 0.3 is 5.97 Å². The molecule has 0 unspecified atom stereocenters. The average Bonchev–Trinajstić information content (AvgIpc) is 3.23. The van der Waals surface area contributed by atoms with Gasteiger partial charge in [0.25, 0.3) is 0 Å².